The largest absolute Gasteiger partial charge is 0.331 e. The van der Waals surface area contributed by atoms with E-state index in [4.69, 9.17) is 0 Å². The molecule has 23 heavy (non-hydrogen) atoms. The van der Waals surface area contributed by atoms with Crippen LogP contribution in [0.25, 0.3) is 0 Å². The van der Waals surface area contributed by atoms with Crippen LogP contribution in [0.5, 0.6) is 0 Å². The van der Waals surface area contributed by atoms with E-state index >= 15 is 0 Å². The Morgan fingerprint density at radius 1 is 0.739 bits per heavy atom. The summed E-state index contributed by atoms with van der Waals surface area (Å²) < 4.78 is 0. The van der Waals surface area contributed by atoms with Crippen LogP contribution in [0.2, 0.25) is 0 Å². The third kappa shape index (κ3) is 8.18. The van der Waals surface area contributed by atoms with Gasteiger partial charge in [0.15, 0.2) is 0 Å². The lowest BCUT2D eigenvalue weighted by Crippen LogP contribution is -2.49. The third-order valence-electron chi connectivity index (χ3n) is 3.31. The summed E-state index contributed by atoms with van der Waals surface area (Å²) in [5, 5.41) is 0. The van der Waals surface area contributed by atoms with Crippen molar-refractivity contribution >= 4 is 29.0 Å². The van der Waals surface area contributed by atoms with Gasteiger partial charge in [-0.2, -0.15) is 0 Å². The van der Waals surface area contributed by atoms with Crippen molar-refractivity contribution in [2.45, 2.75) is 65.5 Å². The summed E-state index contributed by atoms with van der Waals surface area (Å²) in [6.07, 6.45) is 1.04. The minimum atomic E-state index is -0.681. The first-order valence-electron chi connectivity index (χ1n) is 7.50. The molecule has 0 aromatic rings. The van der Waals surface area contributed by atoms with Crippen molar-refractivity contribution in [3.05, 3.63) is 12.7 Å². The molecule has 0 N–H and O–H groups in total. The molecule has 0 atom stereocenters. The van der Waals surface area contributed by atoms with Gasteiger partial charge in [-0.1, -0.05) is 6.58 Å². The van der Waals surface area contributed by atoms with Gasteiger partial charge in [0.2, 0.25) is 5.91 Å². The lowest BCUT2D eigenvalue weighted by Gasteiger charge is -2.36. The molecular weight excluding hydrogens is 298 g/mol. The van der Waals surface area contributed by atoms with E-state index in [1.54, 1.807) is 0 Å². The van der Waals surface area contributed by atoms with Crippen molar-refractivity contribution in [3.63, 3.8) is 0 Å². The number of hydrogen-bond acceptors (Lipinski definition) is 5. The van der Waals surface area contributed by atoms with Gasteiger partial charge in [0, 0.05) is 37.8 Å². The molecule has 0 aromatic carbocycles. The highest BCUT2D eigenvalue weighted by Gasteiger charge is 2.32. The van der Waals surface area contributed by atoms with Crippen molar-refractivity contribution in [2.24, 2.45) is 0 Å². The smallest absolute Gasteiger partial charge is 0.246 e. The summed E-state index contributed by atoms with van der Waals surface area (Å²) in [6.45, 7) is 8.91. The topological polar surface area (TPSA) is 88.6 Å². The van der Waals surface area contributed by atoms with E-state index in [1.165, 1.54) is 32.6 Å². The molecule has 1 amide bonds. The van der Waals surface area contributed by atoms with Crippen LogP contribution in [-0.4, -0.2) is 46.0 Å². The van der Waals surface area contributed by atoms with Crippen molar-refractivity contribution in [3.8, 4) is 0 Å². The molecule has 0 unspecified atom stereocenters. The second-order valence-corrected chi connectivity index (χ2v) is 5.88. The van der Waals surface area contributed by atoms with Gasteiger partial charge < -0.3 is 4.90 Å². The molecule has 0 aromatic heterocycles. The standard InChI is InChI=1S/C17H25NO5/c1-6-17(23)18(15(7-11(2)19)8-12(3)20)16(9-13(4)21)10-14(5)22/h6,15-16H,1,7-10H2,2-5H3. The fourth-order valence-corrected chi connectivity index (χ4v) is 2.63. The van der Waals surface area contributed by atoms with Gasteiger partial charge in [0.25, 0.3) is 0 Å². The van der Waals surface area contributed by atoms with Crippen molar-refractivity contribution in [1.29, 1.82) is 0 Å². The van der Waals surface area contributed by atoms with Crippen LogP contribution >= 0.6 is 0 Å². The second-order valence-electron chi connectivity index (χ2n) is 5.88. The van der Waals surface area contributed by atoms with Crippen molar-refractivity contribution < 1.29 is 24.0 Å². The average molecular weight is 323 g/mol. The predicted octanol–water partition coefficient (Wildman–Crippen LogP) is 1.65. The fourth-order valence-electron chi connectivity index (χ4n) is 2.63. The molecule has 0 saturated heterocycles. The Kier molecular flexibility index (Phi) is 8.92. The number of ketones is 4. The Morgan fingerprint density at radius 2 is 1.00 bits per heavy atom. The van der Waals surface area contributed by atoms with Gasteiger partial charge in [-0.25, -0.2) is 0 Å². The summed E-state index contributed by atoms with van der Waals surface area (Å²) in [6, 6.07) is -1.36. The molecule has 0 aliphatic rings. The monoisotopic (exact) mass is 323 g/mol. The van der Waals surface area contributed by atoms with E-state index in [9.17, 15) is 24.0 Å². The minimum absolute atomic E-state index is 0.00846. The van der Waals surface area contributed by atoms with E-state index in [2.05, 4.69) is 6.58 Å². The Morgan fingerprint density at radius 3 is 1.17 bits per heavy atom. The Labute approximate surface area is 136 Å². The van der Waals surface area contributed by atoms with Gasteiger partial charge in [0.1, 0.15) is 23.1 Å². The number of nitrogens with zero attached hydrogens (tertiary/aromatic N) is 1. The maximum atomic E-state index is 12.3. The van der Waals surface area contributed by atoms with Gasteiger partial charge in [-0.05, 0) is 33.8 Å². The first-order chi connectivity index (χ1) is 10.6. The van der Waals surface area contributed by atoms with Crippen molar-refractivity contribution in [2.75, 3.05) is 0 Å². The summed E-state index contributed by atoms with van der Waals surface area (Å²) in [7, 11) is 0. The zero-order valence-electron chi connectivity index (χ0n) is 14.3. The maximum Gasteiger partial charge on any atom is 0.246 e. The van der Waals surface area contributed by atoms with Crippen LogP contribution < -0.4 is 0 Å². The molecule has 0 heterocycles. The highest BCUT2D eigenvalue weighted by Crippen LogP contribution is 2.20. The summed E-state index contributed by atoms with van der Waals surface area (Å²) in [4.78, 5) is 59.6. The quantitative estimate of drug-likeness (QED) is 0.539. The molecule has 128 valence electrons. The van der Waals surface area contributed by atoms with Crippen LogP contribution in [0, 0.1) is 0 Å². The molecule has 0 spiro atoms. The predicted molar refractivity (Wildman–Crippen MR) is 85.8 cm³/mol. The molecule has 0 aliphatic heterocycles. The normalized spacial score (nSPS) is 10.5. The Bertz CT molecular complexity index is 441. The third-order valence-corrected chi connectivity index (χ3v) is 3.31. The fraction of sp³-hybridized carbons (Fsp3) is 0.588. The van der Waals surface area contributed by atoms with E-state index in [1.807, 2.05) is 0 Å². The van der Waals surface area contributed by atoms with E-state index in [0.717, 1.165) is 6.08 Å². The lowest BCUT2D eigenvalue weighted by molar-refractivity contribution is -0.135. The van der Waals surface area contributed by atoms with Gasteiger partial charge >= 0.3 is 0 Å². The number of rotatable bonds is 11. The number of carbonyl (C=O) groups excluding carboxylic acids is 5. The molecule has 0 aliphatic carbocycles. The Balaban J connectivity index is 5.77. The minimum Gasteiger partial charge on any atom is -0.331 e. The first kappa shape index (κ1) is 20.9. The zero-order chi connectivity index (χ0) is 18.2. The number of hydrogen-bond donors (Lipinski definition) is 0. The maximum absolute atomic E-state index is 12.3. The molecule has 6 heteroatoms. The summed E-state index contributed by atoms with van der Waals surface area (Å²) in [5.74, 6) is -1.21. The molecule has 6 nitrogen and oxygen atoms in total. The first-order valence-corrected chi connectivity index (χ1v) is 7.50. The molecule has 0 radical (unpaired) electrons. The van der Waals surface area contributed by atoms with Crippen LogP contribution in [0.15, 0.2) is 12.7 Å². The summed E-state index contributed by atoms with van der Waals surface area (Å²) in [5.41, 5.74) is 0. The number of carbonyl (C=O) groups is 5. The molecule has 0 rings (SSSR count). The number of Topliss-reactive ketones (excluding diaryl/α,β-unsaturated/α-hetero) is 4. The number of amides is 1. The van der Waals surface area contributed by atoms with Gasteiger partial charge in [0.05, 0.1) is 0 Å². The molecule has 0 bridgehead atoms. The van der Waals surface area contributed by atoms with Gasteiger partial charge in [-0.3, -0.25) is 24.0 Å². The van der Waals surface area contributed by atoms with Crippen LogP contribution in [0.4, 0.5) is 0 Å². The SMILES string of the molecule is C=CC(=O)N(C(CC(C)=O)CC(C)=O)C(CC(C)=O)CC(C)=O. The lowest BCUT2D eigenvalue weighted by atomic mass is 9.96. The van der Waals surface area contributed by atoms with Crippen LogP contribution in [-0.2, 0) is 24.0 Å². The second kappa shape index (κ2) is 9.82. The Hall–Kier alpha value is -2.11. The van der Waals surface area contributed by atoms with Crippen LogP contribution in [0.1, 0.15) is 53.4 Å². The van der Waals surface area contributed by atoms with E-state index < -0.39 is 18.0 Å². The molecular formula is C17H25NO5. The highest BCUT2D eigenvalue weighted by atomic mass is 16.2. The van der Waals surface area contributed by atoms with Crippen LogP contribution in [0.3, 0.4) is 0 Å². The zero-order valence-corrected chi connectivity index (χ0v) is 14.3. The van der Waals surface area contributed by atoms with Gasteiger partial charge in [-0.15, -0.1) is 0 Å². The molecule has 0 saturated carbocycles. The average Bonchev–Trinajstić information content (AvgIpc) is 2.35. The van der Waals surface area contributed by atoms with E-state index in [-0.39, 0.29) is 48.8 Å². The molecule has 0 fully saturated rings. The summed E-state index contributed by atoms with van der Waals surface area (Å²) >= 11 is 0. The van der Waals surface area contributed by atoms with Crippen molar-refractivity contribution in [1.82, 2.24) is 4.90 Å². The van der Waals surface area contributed by atoms with E-state index in [0.29, 0.717) is 0 Å². The highest BCUT2D eigenvalue weighted by molar-refractivity contribution is 5.90.